The fourth-order valence-corrected chi connectivity index (χ4v) is 1.22. The molecule has 0 atom stereocenters. The molecule has 0 spiro atoms. The molecule has 0 saturated carbocycles. The Morgan fingerprint density at radius 1 is 1.57 bits per heavy atom. The third-order valence-electron chi connectivity index (χ3n) is 1.94. The molecule has 1 aliphatic rings. The van der Waals surface area contributed by atoms with Gasteiger partial charge in [-0.05, 0) is 0 Å². The fraction of sp³-hybridized carbons (Fsp3) is 0.286. The van der Waals surface area contributed by atoms with Crippen LogP contribution in [0.1, 0.15) is 17.4 Å². The second-order valence-corrected chi connectivity index (χ2v) is 2.95. The van der Waals surface area contributed by atoms with Crippen LogP contribution < -0.4 is 11.0 Å². The number of rotatable bonds is 1. The summed E-state index contributed by atoms with van der Waals surface area (Å²) in [4.78, 5) is 26.4. The largest absolute Gasteiger partial charge is 0.346 e. The molecule has 7 nitrogen and oxygen atoms in total. The maximum absolute atomic E-state index is 11.5. The van der Waals surface area contributed by atoms with Gasteiger partial charge in [0.25, 0.3) is 0 Å². The van der Waals surface area contributed by atoms with Crippen LogP contribution in [0, 0.1) is 0 Å². The lowest BCUT2D eigenvalue weighted by Gasteiger charge is -2.25. The maximum Gasteiger partial charge on any atom is 0.346 e. The van der Waals surface area contributed by atoms with Crippen LogP contribution in [0.25, 0.3) is 0 Å². The van der Waals surface area contributed by atoms with Gasteiger partial charge in [-0.3, -0.25) is 10.2 Å². The maximum atomic E-state index is 11.5. The molecule has 2 heterocycles. The molecule has 0 aromatic carbocycles. The summed E-state index contributed by atoms with van der Waals surface area (Å²) >= 11 is 0. The van der Waals surface area contributed by atoms with Crippen LogP contribution >= 0.6 is 0 Å². The molecule has 1 amide bonds. The summed E-state index contributed by atoms with van der Waals surface area (Å²) in [7, 11) is 1.56. The lowest BCUT2D eigenvalue weighted by molar-refractivity contribution is 0.101. The van der Waals surface area contributed by atoms with E-state index in [0.717, 1.165) is 0 Å². The predicted molar refractivity (Wildman–Crippen MR) is 47.5 cm³/mol. The molecule has 0 unspecified atom stereocenters. The van der Waals surface area contributed by atoms with Gasteiger partial charge in [0.15, 0.2) is 11.6 Å². The van der Waals surface area contributed by atoms with Gasteiger partial charge in [-0.1, -0.05) is 0 Å². The lowest BCUT2D eigenvalue weighted by atomic mass is 10.3. The summed E-state index contributed by atoms with van der Waals surface area (Å²) in [6, 6.07) is -0.293. The molecular weight excluding hydrogens is 186 g/mol. The molecule has 0 aliphatic carbocycles. The van der Waals surface area contributed by atoms with Crippen LogP contribution in [0.15, 0.2) is 6.33 Å². The molecule has 2 rings (SSSR count). The van der Waals surface area contributed by atoms with Gasteiger partial charge >= 0.3 is 6.03 Å². The highest BCUT2D eigenvalue weighted by Crippen LogP contribution is 2.17. The highest BCUT2D eigenvalue weighted by Gasteiger charge is 2.25. The van der Waals surface area contributed by atoms with Crippen molar-refractivity contribution < 1.29 is 9.59 Å². The predicted octanol–water partition coefficient (Wildman–Crippen LogP) is -0.169. The van der Waals surface area contributed by atoms with Gasteiger partial charge in [-0.15, -0.1) is 5.53 Å². The summed E-state index contributed by atoms with van der Waals surface area (Å²) in [5.74, 6) is 0.186. The van der Waals surface area contributed by atoms with E-state index in [1.54, 1.807) is 7.05 Å². The van der Waals surface area contributed by atoms with Gasteiger partial charge in [0.1, 0.15) is 12.0 Å². The van der Waals surface area contributed by atoms with E-state index in [4.69, 9.17) is 0 Å². The van der Waals surface area contributed by atoms with E-state index in [1.807, 2.05) is 0 Å². The highest BCUT2D eigenvalue weighted by atomic mass is 16.2. The molecule has 2 N–H and O–H groups in total. The van der Waals surface area contributed by atoms with Gasteiger partial charge in [-0.25, -0.2) is 19.4 Å². The number of fused-ring (bicyclic) bond motifs is 1. The minimum absolute atomic E-state index is 0.189. The minimum Gasteiger partial charge on any atom is -0.293 e. The Kier molecular flexibility index (Phi) is 1.74. The molecule has 1 aliphatic heterocycles. The number of imidazole rings is 1. The smallest absolute Gasteiger partial charge is 0.293 e. The summed E-state index contributed by atoms with van der Waals surface area (Å²) in [5, 5.41) is 1.25. The second kappa shape index (κ2) is 2.81. The number of nitrogens with one attached hydrogen (secondary N) is 2. The molecule has 1 aromatic rings. The number of carbonyl (C=O) groups is 2. The number of Topliss-reactive ketones (excluding diaryl/α,β-unsaturated/α-hetero) is 1. The van der Waals surface area contributed by atoms with E-state index < -0.39 is 0 Å². The molecule has 0 fully saturated rings. The SMILES string of the molecule is CC(=O)c1ncn2c1NNN(C)C2=O. The molecule has 1 aromatic heterocycles. The van der Waals surface area contributed by atoms with Crippen molar-refractivity contribution in [3.05, 3.63) is 12.0 Å². The fourth-order valence-electron chi connectivity index (χ4n) is 1.22. The van der Waals surface area contributed by atoms with Crippen LogP contribution in [0.4, 0.5) is 10.6 Å². The Morgan fingerprint density at radius 2 is 2.29 bits per heavy atom. The minimum atomic E-state index is -0.293. The first kappa shape index (κ1) is 8.70. The van der Waals surface area contributed by atoms with Crippen molar-refractivity contribution in [1.82, 2.24) is 20.1 Å². The number of hydrogen-bond acceptors (Lipinski definition) is 5. The third-order valence-corrected chi connectivity index (χ3v) is 1.94. The van der Waals surface area contributed by atoms with Crippen molar-refractivity contribution in [3.63, 3.8) is 0 Å². The zero-order valence-corrected chi connectivity index (χ0v) is 7.74. The number of anilines is 1. The normalized spacial score (nSPS) is 15.0. The first-order valence-corrected chi connectivity index (χ1v) is 3.99. The number of amides is 1. The molecule has 14 heavy (non-hydrogen) atoms. The van der Waals surface area contributed by atoms with Crippen molar-refractivity contribution in [2.24, 2.45) is 0 Å². The number of carbonyl (C=O) groups excluding carboxylic acids is 2. The number of hydrazine groups is 2. The van der Waals surface area contributed by atoms with Crippen molar-refractivity contribution in [2.45, 2.75) is 6.92 Å². The Morgan fingerprint density at radius 3 is 2.93 bits per heavy atom. The first-order chi connectivity index (χ1) is 6.61. The average molecular weight is 195 g/mol. The number of aromatic nitrogens is 2. The Labute approximate surface area is 79.6 Å². The van der Waals surface area contributed by atoms with Crippen molar-refractivity contribution in [3.8, 4) is 0 Å². The van der Waals surface area contributed by atoms with E-state index >= 15 is 0 Å². The first-order valence-electron chi connectivity index (χ1n) is 3.99. The van der Waals surface area contributed by atoms with E-state index in [-0.39, 0.29) is 17.5 Å². The summed E-state index contributed by atoms with van der Waals surface area (Å²) in [6.07, 6.45) is 1.32. The van der Waals surface area contributed by atoms with Gasteiger partial charge in [0, 0.05) is 14.0 Å². The van der Waals surface area contributed by atoms with E-state index in [0.29, 0.717) is 5.82 Å². The standard InChI is InChI=1S/C7H9N5O2/c1-4(13)5-6-9-10-11(2)7(14)12(6)3-8-5/h3,9-10H,1-2H3. The van der Waals surface area contributed by atoms with Gasteiger partial charge in [0.05, 0.1) is 0 Å². The summed E-state index contributed by atoms with van der Waals surface area (Å²) < 4.78 is 1.27. The van der Waals surface area contributed by atoms with Crippen LogP contribution in [0.3, 0.4) is 0 Å². The molecule has 74 valence electrons. The molecule has 0 radical (unpaired) electrons. The summed E-state index contributed by atoms with van der Waals surface area (Å²) in [6.45, 7) is 1.40. The van der Waals surface area contributed by atoms with Crippen molar-refractivity contribution >= 4 is 17.6 Å². The monoisotopic (exact) mass is 195 g/mol. The van der Waals surface area contributed by atoms with Crippen LogP contribution in [-0.4, -0.2) is 33.4 Å². The number of ketones is 1. The van der Waals surface area contributed by atoms with Gasteiger partial charge < -0.3 is 0 Å². The number of nitrogens with zero attached hydrogens (tertiary/aromatic N) is 3. The molecule has 7 heteroatoms. The van der Waals surface area contributed by atoms with Crippen LogP contribution in [-0.2, 0) is 0 Å². The summed E-state index contributed by atoms with van der Waals surface area (Å²) in [5.41, 5.74) is 5.55. The topological polar surface area (TPSA) is 79.3 Å². The third kappa shape index (κ3) is 1.06. The molecule has 0 saturated heterocycles. The Hall–Kier alpha value is -1.89. The Balaban J connectivity index is 2.51. The quantitative estimate of drug-likeness (QED) is 0.608. The van der Waals surface area contributed by atoms with Gasteiger partial charge in [0.2, 0.25) is 0 Å². The molecular formula is C7H9N5O2. The van der Waals surface area contributed by atoms with Crippen molar-refractivity contribution in [1.29, 1.82) is 0 Å². The van der Waals surface area contributed by atoms with E-state index in [2.05, 4.69) is 15.9 Å². The average Bonchev–Trinajstić information content (AvgIpc) is 2.55. The van der Waals surface area contributed by atoms with Crippen molar-refractivity contribution in [2.75, 3.05) is 12.5 Å². The van der Waals surface area contributed by atoms with E-state index in [1.165, 1.54) is 22.8 Å². The lowest BCUT2D eigenvalue weighted by Crippen LogP contribution is -2.50. The van der Waals surface area contributed by atoms with Crippen LogP contribution in [0.2, 0.25) is 0 Å². The second-order valence-electron chi connectivity index (χ2n) is 2.95. The zero-order valence-electron chi connectivity index (χ0n) is 7.74. The van der Waals surface area contributed by atoms with Crippen LogP contribution in [0.5, 0.6) is 0 Å². The zero-order chi connectivity index (χ0) is 10.3. The number of hydrogen-bond donors (Lipinski definition) is 2. The Bertz CT molecular complexity index is 410. The van der Waals surface area contributed by atoms with Gasteiger partial charge in [-0.2, -0.15) is 0 Å². The molecule has 0 bridgehead atoms. The highest BCUT2D eigenvalue weighted by molar-refractivity contribution is 5.99. The van der Waals surface area contributed by atoms with E-state index in [9.17, 15) is 9.59 Å².